The zero-order valence-corrected chi connectivity index (χ0v) is 11.2. The van der Waals surface area contributed by atoms with Crippen LogP contribution >= 0.6 is 0 Å². The van der Waals surface area contributed by atoms with Crippen molar-refractivity contribution in [1.82, 2.24) is 30.1 Å². The second-order valence-electron chi connectivity index (χ2n) is 4.79. The molecule has 0 bridgehead atoms. The van der Waals surface area contributed by atoms with E-state index in [1.165, 1.54) is 5.56 Å². The van der Waals surface area contributed by atoms with Gasteiger partial charge >= 0.3 is 0 Å². The monoisotopic (exact) mass is 248 g/mol. The molecule has 0 saturated carbocycles. The first-order valence-corrected chi connectivity index (χ1v) is 6.25. The highest BCUT2D eigenvalue weighted by atomic mass is 15.4. The lowest BCUT2D eigenvalue weighted by atomic mass is 10.3. The van der Waals surface area contributed by atoms with E-state index in [1.54, 1.807) is 0 Å². The quantitative estimate of drug-likeness (QED) is 0.828. The van der Waals surface area contributed by atoms with E-state index >= 15 is 0 Å². The van der Waals surface area contributed by atoms with Crippen molar-refractivity contribution in [1.29, 1.82) is 0 Å². The van der Waals surface area contributed by atoms with E-state index in [0.29, 0.717) is 6.04 Å². The summed E-state index contributed by atoms with van der Waals surface area (Å²) in [5.74, 6) is 0. The molecule has 0 aliphatic rings. The fourth-order valence-corrected chi connectivity index (χ4v) is 1.63. The number of nitrogens with zero attached hydrogens (tertiary/aromatic N) is 5. The SMILES string of the molecule is Cc1cnn(CCn2cc(CNC(C)C)nn2)c1. The Labute approximate surface area is 107 Å². The van der Waals surface area contributed by atoms with Crippen molar-refractivity contribution in [3.63, 3.8) is 0 Å². The fourth-order valence-electron chi connectivity index (χ4n) is 1.63. The van der Waals surface area contributed by atoms with Gasteiger partial charge in [-0.3, -0.25) is 9.36 Å². The average molecular weight is 248 g/mol. The molecule has 0 fully saturated rings. The summed E-state index contributed by atoms with van der Waals surface area (Å²) in [6.45, 7) is 8.63. The van der Waals surface area contributed by atoms with E-state index in [1.807, 2.05) is 34.9 Å². The number of hydrogen-bond donors (Lipinski definition) is 1. The Hall–Kier alpha value is -1.69. The predicted molar refractivity (Wildman–Crippen MR) is 69.0 cm³/mol. The molecule has 0 radical (unpaired) electrons. The van der Waals surface area contributed by atoms with Gasteiger partial charge in [0.15, 0.2) is 0 Å². The van der Waals surface area contributed by atoms with Gasteiger partial charge < -0.3 is 5.32 Å². The van der Waals surface area contributed by atoms with Crippen LogP contribution in [-0.2, 0) is 19.6 Å². The Balaban J connectivity index is 1.83. The first-order valence-electron chi connectivity index (χ1n) is 6.25. The highest BCUT2D eigenvalue weighted by Gasteiger charge is 2.02. The molecule has 0 aliphatic carbocycles. The van der Waals surface area contributed by atoms with Crippen LogP contribution in [0.15, 0.2) is 18.6 Å². The third-order valence-corrected chi connectivity index (χ3v) is 2.60. The van der Waals surface area contributed by atoms with Crippen molar-refractivity contribution >= 4 is 0 Å². The largest absolute Gasteiger partial charge is 0.309 e. The smallest absolute Gasteiger partial charge is 0.0964 e. The van der Waals surface area contributed by atoms with E-state index in [-0.39, 0.29) is 0 Å². The van der Waals surface area contributed by atoms with E-state index in [9.17, 15) is 0 Å². The van der Waals surface area contributed by atoms with E-state index in [0.717, 1.165) is 25.3 Å². The van der Waals surface area contributed by atoms with E-state index in [4.69, 9.17) is 0 Å². The third kappa shape index (κ3) is 3.66. The summed E-state index contributed by atoms with van der Waals surface area (Å²) < 4.78 is 3.78. The van der Waals surface area contributed by atoms with Gasteiger partial charge in [-0.05, 0) is 12.5 Å². The predicted octanol–water partition coefficient (Wildman–Crippen LogP) is 0.981. The molecule has 0 aromatic carbocycles. The van der Waals surface area contributed by atoms with Crippen LogP contribution in [0.4, 0.5) is 0 Å². The number of aryl methyl sites for hydroxylation is 3. The normalized spacial score (nSPS) is 11.3. The summed E-state index contributed by atoms with van der Waals surface area (Å²) in [6, 6.07) is 0.460. The number of aromatic nitrogens is 5. The highest BCUT2D eigenvalue weighted by Crippen LogP contribution is 1.97. The molecule has 0 saturated heterocycles. The molecule has 0 spiro atoms. The molecule has 2 aromatic rings. The first-order chi connectivity index (χ1) is 8.63. The summed E-state index contributed by atoms with van der Waals surface area (Å²) in [5.41, 5.74) is 2.15. The molecule has 0 unspecified atom stereocenters. The van der Waals surface area contributed by atoms with Gasteiger partial charge in [0, 0.05) is 25.0 Å². The van der Waals surface area contributed by atoms with Crippen LogP contribution in [0.3, 0.4) is 0 Å². The van der Waals surface area contributed by atoms with Crippen molar-refractivity contribution < 1.29 is 0 Å². The Morgan fingerprint density at radius 3 is 2.67 bits per heavy atom. The highest BCUT2D eigenvalue weighted by molar-refractivity contribution is 4.99. The molecule has 0 aliphatic heterocycles. The molecule has 0 atom stereocenters. The molecule has 1 N–H and O–H groups in total. The number of rotatable bonds is 6. The van der Waals surface area contributed by atoms with E-state index < -0.39 is 0 Å². The van der Waals surface area contributed by atoms with Crippen LogP contribution in [0, 0.1) is 6.92 Å². The summed E-state index contributed by atoms with van der Waals surface area (Å²) in [6.07, 6.45) is 5.86. The van der Waals surface area contributed by atoms with Gasteiger partial charge in [-0.15, -0.1) is 5.10 Å². The van der Waals surface area contributed by atoms with Crippen molar-refractivity contribution in [2.75, 3.05) is 0 Å². The minimum absolute atomic E-state index is 0.460. The lowest BCUT2D eigenvalue weighted by Crippen LogP contribution is -2.21. The van der Waals surface area contributed by atoms with Gasteiger partial charge in [-0.1, -0.05) is 19.1 Å². The van der Waals surface area contributed by atoms with Crippen LogP contribution in [0.2, 0.25) is 0 Å². The third-order valence-electron chi connectivity index (χ3n) is 2.60. The van der Waals surface area contributed by atoms with Gasteiger partial charge in [-0.25, -0.2) is 0 Å². The molecule has 6 heteroatoms. The Morgan fingerprint density at radius 2 is 2.00 bits per heavy atom. The Kier molecular flexibility index (Phi) is 4.09. The van der Waals surface area contributed by atoms with Crippen molar-refractivity contribution in [2.45, 2.75) is 46.4 Å². The molecular formula is C12H20N6. The zero-order valence-electron chi connectivity index (χ0n) is 11.2. The molecule has 2 aromatic heterocycles. The fraction of sp³-hybridized carbons (Fsp3) is 0.583. The summed E-state index contributed by atoms with van der Waals surface area (Å²) in [4.78, 5) is 0. The van der Waals surface area contributed by atoms with E-state index in [2.05, 4.69) is 34.6 Å². The van der Waals surface area contributed by atoms with Crippen LogP contribution in [-0.4, -0.2) is 30.8 Å². The van der Waals surface area contributed by atoms with Crippen molar-refractivity contribution in [2.24, 2.45) is 0 Å². The summed E-state index contributed by atoms with van der Waals surface area (Å²) in [5, 5.41) is 15.8. The van der Waals surface area contributed by atoms with Gasteiger partial charge in [0.2, 0.25) is 0 Å². The molecule has 2 rings (SSSR count). The Bertz CT molecular complexity index is 484. The minimum Gasteiger partial charge on any atom is -0.309 e. The van der Waals surface area contributed by atoms with Gasteiger partial charge in [0.25, 0.3) is 0 Å². The van der Waals surface area contributed by atoms with Gasteiger partial charge in [-0.2, -0.15) is 5.10 Å². The minimum atomic E-state index is 0.460. The maximum atomic E-state index is 4.24. The summed E-state index contributed by atoms with van der Waals surface area (Å²) >= 11 is 0. The van der Waals surface area contributed by atoms with Gasteiger partial charge in [0.1, 0.15) is 0 Å². The lowest BCUT2D eigenvalue weighted by molar-refractivity contribution is 0.489. The molecule has 98 valence electrons. The number of hydrogen-bond acceptors (Lipinski definition) is 4. The van der Waals surface area contributed by atoms with Gasteiger partial charge in [0.05, 0.1) is 25.0 Å². The second kappa shape index (κ2) is 5.77. The van der Waals surface area contributed by atoms with Crippen molar-refractivity contribution in [3.05, 3.63) is 29.8 Å². The summed E-state index contributed by atoms with van der Waals surface area (Å²) in [7, 11) is 0. The standard InChI is InChI=1S/C12H20N6/c1-10(2)13-7-12-9-18(16-15-12)5-4-17-8-11(3)6-14-17/h6,8-10,13H,4-5,7H2,1-3H3. The lowest BCUT2D eigenvalue weighted by Gasteiger charge is -2.04. The van der Waals surface area contributed by atoms with Crippen LogP contribution < -0.4 is 5.32 Å². The van der Waals surface area contributed by atoms with Crippen LogP contribution in [0.1, 0.15) is 25.1 Å². The van der Waals surface area contributed by atoms with Crippen LogP contribution in [0.5, 0.6) is 0 Å². The molecule has 0 amide bonds. The maximum absolute atomic E-state index is 4.24. The zero-order chi connectivity index (χ0) is 13.0. The number of nitrogens with one attached hydrogen (secondary N) is 1. The van der Waals surface area contributed by atoms with Crippen LogP contribution in [0.25, 0.3) is 0 Å². The van der Waals surface area contributed by atoms with Crippen molar-refractivity contribution in [3.8, 4) is 0 Å². The molecular weight excluding hydrogens is 228 g/mol. The maximum Gasteiger partial charge on any atom is 0.0964 e. The Morgan fingerprint density at radius 1 is 1.22 bits per heavy atom. The molecule has 18 heavy (non-hydrogen) atoms. The topological polar surface area (TPSA) is 60.6 Å². The second-order valence-corrected chi connectivity index (χ2v) is 4.79. The molecule has 6 nitrogen and oxygen atoms in total. The first kappa shape index (κ1) is 12.8. The molecule has 2 heterocycles. The average Bonchev–Trinajstić information content (AvgIpc) is 2.93.